The van der Waals surface area contributed by atoms with E-state index in [9.17, 15) is 13.4 Å². The Balaban J connectivity index is 2.19. The normalized spacial score (nSPS) is 17.2. The average molecular weight is 269 g/mol. The molecule has 96 valence electrons. The second-order valence-electron chi connectivity index (χ2n) is 4.63. The molecule has 18 heavy (non-hydrogen) atoms. The van der Waals surface area contributed by atoms with Crippen molar-refractivity contribution in [1.29, 1.82) is 0 Å². The van der Waals surface area contributed by atoms with Crippen LogP contribution in [-0.2, 0) is 17.3 Å². The van der Waals surface area contributed by atoms with Gasteiger partial charge >= 0.3 is 5.76 Å². The lowest BCUT2D eigenvalue weighted by Crippen LogP contribution is -2.15. The fourth-order valence-corrected chi connectivity index (χ4v) is 2.62. The monoisotopic (exact) mass is 269 g/mol. The van der Waals surface area contributed by atoms with Crippen molar-refractivity contribution in [3.05, 3.63) is 28.5 Å². The van der Waals surface area contributed by atoms with Crippen LogP contribution in [0.3, 0.4) is 0 Å². The van der Waals surface area contributed by atoms with Crippen LogP contribution in [0.4, 0.5) is 4.39 Å². The SMILES string of the molecule is CS(=O)c1cc2oc(=O)n(CC3CC3)c2cc1F. The molecule has 3 rings (SSSR count). The van der Waals surface area contributed by atoms with Crippen LogP contribution in [0, 0.1) is 11.7 Å². The maximum atomic E-state index is 13.8. The van der Waals surface area contributed by atoms with Gasteiger partial charge in [0.15, 0.2) is 5.58 Å². The second-order valence-corrected chi connectivity index (χ2v) is 5.97. The van der Waals surface area contributed by atoms with E-state index in [4.69, 9.17) is 4.42 Å². The Kier molecular flexibility index (Phi) is 2.62. The van der Waals surface area contributed by atoms with Gasteiger partial charge in [-0.3, -0.25) is 8.78 Å². The van der Waals surface area contributed by atoms with Gasteiger partial charge in [-0.1, -0.05) is 0 Å². The molecule has 1 atom stereocenters. The number of aromatic nitrogens is 1. The van der Waals surface area contributed by atoms with Gasteiger partial charge in [-0.25, -0.2) is 9.18 Å². The zero-order valence-corrected chi connectivity index (χ0v) is 10.6. The van der Waals surface area contributed by atoms with E-state index >= 15 is 0 Å². The van der Waals surface area contributed by atoms with Crippen LogP contribution in [0.15, 0.2) is 26.2 Å². The summed E-state index contributed by atoms with van der Waals surface area (Å²) in [4.78, 5) is 11.8. The molecular formula is C12H12FNO3S. The van der Waals surface area contributed by atoms with Crippen LogP contribution < -0.4 is 5.76 Å². The molecule has 1 aliphatic rings. The lowest BCUT2D eigenvalue weighted by Gasteiger charge is -2.02. The smallest absolute Gasteiger partial charge is 0.408 e. The minimum absolute atomic E-state index is 0.0646. The largest absolute Gasteiger partial charge is 0.419 e. The molecule has 0 bridgehead atoms. The number of halogens is 1. The summed E-state index contributed by atoms with van der Waals surface area (Å²) in [6.45, 7) is 0.569. The Bertz CT molecular complexity index is 699. The molecule has 1 heterocycles. The minimum Gasteiger partial charge on any atom is -0.408 e. The van der Waals surface area contributed by atoms with E-state index in [0.29, 0.717) is 23.6 Å². The maximum absolute atomic E-state index is 13.8. The fraction of sp³-hybridized carbons (Fsp3) is 0.417. The van der Waals surface area contributed by atoms with E-state index in [1.165, 1.54) is 23.0 Å². The minimum atomic E-state index is -1.44. The van der Waals surface area contributed by atoms with E-state index in [2.05, 4.69) is 0 Å². The molecule has 0 radical (unpaired) electrons. The quantitative estimate of drug-likeness (QED) is 0.855. The summed E-state index contributed by atoms with van der Waals surface area (Å²) in [5, 5.41) is 0. The molecule has 1 aromatic carbocycles. The summed E-state index contributed by atoms with van der Waals surface area (Å²) in [7, 11) is -1.44. The van der Waals surface area contributed by atoms with Gasteiger partial charge in [-0.2, -0.15) is 0 Å². The van der Waals surface area contributed by atoms with Crippen molar-refractivity contribution in [3.63, 3.8) is 0 Å². The molecule has 0 N–H and O–H groups in total. The number of fused-ring (bicyclic) bond motifs is 1. The molecule has 1 aliphatic carbocycles. The summed E-state index contributed by atoms with van der Waals surface area (Å²) in [5.41, 5.74) is 0.742. The van der Waals surface area contributed by atoms with Gasteiger partial charge in [0.1, 0.15) is 5.82 Å². The Labute approximate surface area is 105 Å². The van der Waals surface area contributed by atoms with Crippen LogP contribution >= 0.6 is 0 Å². The van der Waals surface area contributed by atoms with E-state index in [0.717, 1.165) is 12.8 Å². The summed E-state index contributed by atoms with van der Waals surface area (Å²) in [6.07, 6.45) is 3.58. The Morgan fingerprint density at radius 2 is 2.22 bits per heavy atom. The topological polar surface area (TPSA) is 52.2 Å². The average Bonchev–Trinajstić information content (AvgIpc) is 3.06. The van der Waals surface area contributed by atoms with E-state index in [1.54, 1.807) is 0 Å². The van der Waals surface area contributed by atoms with E-state index < -0.39 is 22.4 Å². The second kappa shape index (κ2) is 4.05. The summed E-state index contributed by atoms with van der Waals surface area (Å²) < 4.78 is 31.6. The predicted molar refractivity (Wildman–Crippen MR) is 65.5 cm³/mol. The molecule has 1 saturated carbocycles. The highest BCUT2D eigenvalue weighted by molar-refractivity contribution is 7.84. The third-order valence-electron chi connectivity index (χ3n) is 3.17. The van der Waals surface area contributed by atoms with Crippen LogP contribution in [0.5, 0.6) is 0 Å². The molecule has 2 aromatic rings. The lowest BCUT2D eigenvalue weighted by molar-refractivity contribution is 0.491. The molecule has 1 fully saturated rings. The van der Waals surface area contributed by atoms with Gasteiger partial charge in [0, 0.05) is 24.9 Å². The number of oxazole rings is 1. The van der Waals surface area contributed by atoms with Gasteiger partial charge < -0.3 is 4.42 Å². The van der Waals surface area contributed by atoms with Crippen LogP contribution in [0.25, 0.3) is 11.1 Å². The number of hydrogen-bond acceptors (Lipinski definition) is 3. The van der Waals surface area contributed by atoms with Crippen molar-refractivity contribution in [2.24, 2.45) is 5.92 Å². The maximum Gasteiger partial charge on any atom is 0.419 e. The van der Waals surface area contributed by atoms with Crippen molar-refractivity contribution < 1.29 is 13.0 Å². The highest BCUT2D eigenvalue weighted by Crippen LogP contribution is 2.31. The zero-order valence-electron chi connectivity index (χ0n) is 9.81. The van der Waals surface area contributed by atoms with Gasteiger partial charge in [0.05, 0.1) is 21.2 Å². The first-order valence-corrected chi connectivity index (χ1v) is 7.28. The van der Waals surface area contributed by atoms with E-state index in [-0.39, 0.29) is 4.90 Å². The number of benzene rings is 1. The van der Waals surface area contributed by atoms with Crippen molar-refractivity contribution in [3.8, 4) is 0 Å². The number of rotatable bonds is 3. The molecular weight excluding hydrogens is 257 g/mol. The predicted octanol–water partition coefficient (Wildman–Crippen LogP) is 1.88. The van der Waals surface area contributed by atoms with Crippen molar-refractivity contribution in [2.45, 2.75) is 24.3 Å². The molecule has 0 aliphatic heterocycles. The van der Waals surface area contributed by atoms with Gasteiger partial charge in [-0.05, 0) is 18.8 Å². The fourth-order valence-electron chi connectivity index (χ4n) is 2.02. The first-order valence-electron chi connectivity index (χ1n) is 5.72. The van der Waals surface area contributed by atoms with Crippen molar-refractivity contribution >= 4 is 21.9 Å². The van der Waals surface area contributed by atoms with Gasteiger partial charge in [-0.15, -0.1) is 0 Å². The standard InChI is InChI=1S/C12H12FNO3S/c1-18(16)11-5-10-9(4-8(11)13)14(12(15)17-10)6-7-2-3-7/h4-5,7H,2-3,6H2,1H3. The molecule has 0 spiro atoms. The highest BCUT2D eigenvalue weighted by Gasteiger charge is 2.24. The summed E-state index contributed by atoms with van der Waals surface area (Å²) >= 11 is 0. The third-order valence-corrected chi connectivity index (χ3v) is 4.10. The van der Waals surface area contributed by atoms with Crippen molar-refractivity contribution in [1.82, 2.24) is 4.57 Å². The van der Waals surface area contributed by atoms with Crippen LogP contribution in [0.1, 0.15) is 12.8 Å². The van der Waals surface area contributed by atoms with E-state index in [1.807, 2.05) is 0 Å². The first-order chi connectivity index (χ1) is 8.56. The molecule has 1 unspecified atom stereocenters. The first kappa shape index (κ1) is 11.6. The van der Waals surface area contributed by atoms with Crippen LogP contribution in [0.2, 0.25) is 0 Å². The molecule has 4 nitrogen and oxygen atoms in total. The summed E-state index contributed by atoms with van der Waals surface area (Å²) in [6, 6.07) is 2.59. The Hall–Kier alpha value is -1.43. The molecule has 0 amide bonds. The number of nitrogens with zero attached hydrogens (tertiary/aromatic N) is 1. The zero-order chi connectivity index (χ0) is 12.9. The van der Waals surface area contributed by atoms with Gasteiger partial charge in [0.25, 0.3) is 0 Å². The number of hydrogen-bond donors (Lipinski definition) is 0. The third kappa shape index (κ3) is 1.90. The van der Waals surface area contributed by atoms with Crippen LogP contribution in [-0.4, -0.2) is 15.0 Å². The Morgan fingerprint density at radius 3 is 2.83 bits per heavy atom. The lowest BCUT2D eigenvalue weighted by atomic mass is 10.3. The Morgan fingerprint density at radius 1 is 1.50 bits per heavy atom. The van der Waals surface area contributed by atoms with Crippen molar-refractivity contribution in [2.75, 3.05) is 6.26 Å². The molecule has 1 aromatic heterocycles. The highest BCUT2D eigenvalue weighted by atomic mass is 32.2. The molecule has 0 saturated heterocycles. The van der Waals surface area contributed by atoms with Gasteiger partial charge in [0.2, 0.25) is 0 Å². The summed E-state index contributed by atoms with van der Waals surface area (Å²) in [5.74, 6) is -0.546. The molecule has 6 heteroatoms.